The van der Waals surface area contributed by atoms with Crippen LogP contribution in [-0.4, -0.2) is 63.8 Å². The van der Waals surface area contributed by atoms with Gasteiger partial charge in [0.15, 0.2) is 15.8 Å². The SMILES string of the molecule is CCN=C(NC(CC)CS(=O)(=O)c1ccccc1)N1CCC(C(=O)OC)CC1.I. The minimum absolute atomic E-state index is 0. The molecule has 0 aromatic heterocycles. The molecule has 1 aromatic carbocycles. The molecule has 0 aliphatic carbocycles. The predicted octanol–water partition coefficient (Wildman–Crippen LogP) is 2.71. The van der Waals surface area contributed by atoms with Gasteiger partial charge in [0.05, 0.1) is 23.7 Å². The van der Waals surface area contributed by atoms with Crippen LogP contribution >= 0.6 is 24.0 Å². The number of sulfone groups is 1. The molecule has 0 bridgehead atoms. The summed E-state index contributed by atoms with van der Waals surface area (Å²) in [6.45, 7) is 5.89. The molecule has 2 rings (SSSR count). The maximum absolute atomic E-state index is 12.7. The molecule has 1 atom stereocenters. The third kappa shape index (κ3) is 7.44. The third-order valence-corrected chi connectivity index (χ3v) is 6.82. The van der Waals surface area contributed by atoms with Crippen LogP contribution < -0.4 is 5.32 Å². The first-order chi connectivity index (χ1) is 13.4. The lowest BCUT2D eigenvalue weighted by Gasteiger charge is -2.34. The molecule has 1 saturated heterocycles. The van der Waals surface area contributed by atoms with Crippen molar-refractivity contribution in [3.8, 4) is 0 Å². The van der Waals surface area contributed by atoms with Crippen LogP contribution in [0.15, 0.2) is 40.2 Å². The number of esters is 1. The van der Waals surface area contributed by atoms with Crippen LogP contribution in [0.4, 0.5) is 0 Å². The summed E-state index contributed by atoms with van der Waals surface area (Å²) < 4.78 is 30.3. The number of rotatable bonds is 7. The maximum Gasteiger partial charge on any atom is 0.308 e. The van der Waals surface area contributed by atoms with E-state index in [1.807, 2.05) is 13.8 Å². The van der Waals surface area contributed by atoms with Gasteiger partial charge in [-0.1, -0.05) is 25.1 Å². The molecule has 1 aliphatic rings. The second-order valence-corrected chi connectivity index (χ2v) is 8.96. The van der Waals surface area contributed by atoms with Gasteiger partial charge in [-0.25, -0.2) is 8.42 Å². The summed E-state index contributed by atoms with van der Waals surface area (Å²) in [5, 5.41) is 3.34. The van der Waals surface area contributed by atoms with Gasteiger partial charge in [-0.2, -0.15) is 0 Å². The molecule has 1 aliphatic heterocycles. The van der Waals surface area contributed by atoms with E-state index in [0.717, 1.165) is 0 Å². The number of likely N-dealkylation sites (tertiary alicyclic amines) is 1. The summed E-state index contributed by atoms with van der Waals surface area (Å²) in [4.78, 5) is 18.7. The summed E-state index contributed by atoms with van der Waals surface area (Å²) in [6, 6.07) is 8.28. The van der Waals surface area contributed by atoms with Crippen LogP contribution in [0.3, 0.4) is 0 Å². The third-order valence-electron chi connectivity index (χ3n) is 4.99. The second-order valence-electron chi connectivity index (χ2n) is 6.93. The highest BCUT2D eigenvalue weighted by atomic mass is 127. The van der Waals surface area contributed by atoms with E-state index in [-0.39, 0.29) is 47.7 Å². The van der Waals surface area contributed by atoms with Gasteiger partial charge >= 0.3 is 5.97 Å². The number of aliphatic imine (C=N–C) groups is 1. The van der Waals surface area contributed by atoms with Crippen LogP contribution in [0.5, 0.6) is 0 Å². The van der Waals surface area contributed by atoms with Gasteiger partial charge in [0, 0.05) is 25.7 Å². The molecule has 1 fully saturated rings. The largest absolute Gasteiger partial charge is 0.469 e. The monoisotopic (exact) mass is 537 g/mol. The van der Waals surface area contributed by atoms with E-state index < -0.39 is 9.84 Å². The summed E-state index contributed by atoms with van der Waals surface area (Å²) in [5.41, 5.74) is 0. The van der Waals surface area contributed by atoms with Gasteiger partial charge < -0.3 is 15.0 Å². The lowest BCUT2D eigenvalue weighted by atomic mass is 9.97. The Labute approximate surface area is 191 Å². The molecule has 9 heteroatoms. The molecular weight excluding hydrogens is 505 g/mol. The van der Waals surface area contributed by atoms with Crippen molar-refractivity contribution in [2.75, 3.05) is 32.5 Å². The Morgan fingerprint density at radius 2 is 1.86 bits per heavy atom. The Hall–Kier alpha value is -1.36. The van der Waals surface area contributed by atoms with Gasteiger partial charge in [-0.05, 0) is 38.3 Å². The molecule has 0 spiro atoms. The molecule has 164 valence electrons. The Bertz CT molecular complexity index is 763. The zero-order chi connectivity index (χ0) is 20.6. The number of piperidine rings is 1. The normalized spacial score (nSPS) is 16.7. The number of methoxy groups -OCH3 is 1. The fraction of sp³-hybridized carbons (Fsp3) is 0.600. The Kier molecular flexibility index (Phi) is 10.9. The predicted molar refractivity (Wildman–Crippen MR) is 125 cm³/mol. The Morgan fingerprint density at radius 1 is 1.24 bits per heavy atom. The van der Waals surface area contributed by atoms with Crippen molar-refractivity contribution >= 4 is 45.7 Å². The van der Waals surface area contributed by atoms with Crippen LogP contribution in [0.25, 0.3) is 0 Å². The summed E-state index contributed by atoms with van der Waals surface area (Å²) in [7, 11) is -1.97. The second kappa shape index (κ2) is 12.4. The number of halogens is 1. The highest BCUT2D eigenvalue weighted by Gasteiger charge is 2.28. The molecule has 0 saturated carbocycles. The fourth-order valence-corrected chi connectivity index (χ4v) is 4.93. The van der Waals surface area contributed by atoms with Crippen LogP contribution in [-0.2, 0) is 19.4 Å². The standard InChI is InChI=1S/C20H31N3O4S.HI/c1-4-17(15-28(25,26)18-9-7-6-8-10-18)22-20(21-5-2)23-13-11-16(12-14-23)19(24)27-3;/h6-10,16-17H,4-5,11-15H2,1-3H3,(H,21,22);1H. The van der Waals surface area contributed by atoms with E-state index in [2.05, 4.69) is 15.2 Å². The number of hydrogen-bond donors (Lipinski definition) is 1. The fourth-order valence-electron chi connectivity index (χ4n) is 3.31. The highest BCUT2D eigenvalue weighted by molar-refractivity contribution is 14.0. The molecule has 1 unspecified atom stereocenters. The van der Waals surface area contributed by atoms with Gasteiger partial charge in [-0.15, -0.1) is 24.0 Å². The number of benzene rings is 1. The number of guanidine groups is 1. The molecule has 1 N–H and O–H groups in total. The van der Waals surface area contributed by atoms with E-state index in [4.69, 9.17) is 4.74 Å². The number of hydrogen-bond acceptors (Lipinski definition) is 5. The average molecular weight is 537 g/mol. The van der Waals surface area contributed by atoms with Crippen molar-refractivity contribution in [1.82, 2.24) is 10.2 Å². The Balaban J connectivity index is 0.00000420. The number of carbonyl (C=O) groups excluding carboxylic acids is 1. The van der Waals surface area contributed by atoms with Crippen molar-refractivity contribution in [3.63, 3.8) is 0 Å². The zero-order valence-electron chi connectivity index (χ0n) is 17.3. The molecule has 7 nitrogen and oxygen atoms in total. The number of nitrogens with zero attached hydrogens (tertiary/aromatic N) is 2. The van der Waals surface area contributed by atoms with Crippen molar-refractivity contribution < 1.29 is 17.9 Å². The average Bonchev–Trinajstić information content (AvgIpc) is 2.72. The van der Waals surface area contributed by atoms with Crippen molar-refractivity contribution in [3.05, 3.63) is 30.3 Å². The maximum atomic E-state index is 12.7. The number of ether oxygens (including phenoxy) is 1. The van der Waals surface area contributed by atoms with Gasteiger partial charge in [0.2, 0.25) is 0 Å². The number of nitrogens with one attached hydrogen (secondary N) is 1. The van der Waals surface area contributed by atoms with Crippen LogP contribution in [0.1, 0.15) is 33.1 Å². The molecule has 1 aromatic rings. The Morgan fingerprint density at radius 3 is 2.38 bits per heavy atom. The molecule has 1 heterocycles. The summed E-state index contributed by atoms with van der Waals surface area (Å²) in [6.07, 6.45) is 2.07. The molecule has 0 amide bonds. The van der Waals surface area contributed by atoms with Gasteiger partial charge in [0.25, 0.3) is 0 Å². The molecular formula is C20H32IN3O4S. The van der Waals surface area contributed by atoms with Crippen molar-refractivity contribution in [1.29, 1.82) is 0 Å². The lowest BCUT2D eigenvalue weighted by Crippen LogP contribution is -2.51. The van der Waals surface area contributed by atoms with E-state index in [0.29, 0.717) is 49.8 Å². The molecule has 29 heavy (non-hydrogen) atoms. The molecule has 0 radical (unpaired) electrons. The first kappa shape index (κ1) is 25.7. The van der Waals surface area contributed by atoms with Crippen LogP contribution in [0.2, 0.25) is 0 Å². The minimum Gasteiger partial charge on any atom is -0.469 e. The smallest absolute Gasteiger partial charge is 0.308 e. The first-order valence-electron chi connectivity index (χ1n) is 9.82. The van der Waals surface area contributed by atoms with Crippen molar-refractivity contribution in [2.45, 2.75) is 44.0 Å². The first-order valence-corrected chi connectivity index (χ1v) is 11.5. The zero-order valence-corrected chi connectivity index (χ0v) is 20.5. The van der Waals surface area contributed by atoms with Gasteiger partial charge in [0.1, 0.15) is 0 Å². The van der Waals surface area contributed by atoms with E-state index >= 15 is 0 Å². The van der Waals surface area contributed by atoms with Crippen molar-refractivity contribution in [2.24, 2.45) is 10.9 Å². The van der Waals surface area contributed by atoms with E-state index in [1.54, 1.807) is 30.3 Å². The number of carbonyl (C=O) groups is 1. The van der Waals surface area contributed by atoms with E-state index in [1.165, 1.54) is 7.11 Å². The van der Waals surface area contributed by atoms with Crippen LogP contribution in [0, 0.1) is 5.92 Å². The minimum atomic E-state index is -3.38. The summed E-state index contributed by atoms with van der Waals surface area (Å²) in [5.74, 6) is 0.474. The summed E-state index contributed by atoms with van der Waals surface area (Å²) >= 11 is 0. The van der Waals surface area contributed by atoms with Gasteiger partial charge in [-0.3, -0.25) is 9.79 Å². The van der Waals surface area contributed by atoms with E-state index in [9.17, 15) is 13.2 Å². The quantitative estimate of drug-likeness (QED) is 0.249. The lowest BCUT2D eigenvalue weighted by molar-refractivity contribution is -0.146. The highest BCUT2D eigenvalue weighted by Crippen LogP contribution is 2.19. The topological polar surface area (TPSA) is 88.1 Å².